The molecule has 16 heavy (non-hydrogen) atoms. The maximum atomic E-state index is 5.25. The van der Waals surface area contributed by atoms with E-state index < -0.39 is 0 Å². The minimum atomic E-state index is 0.499. The average Bonchev–Trinajstić information content (AvgIpc) is 2.86. The van der Waals surface area contributed by atoms with E-state index in [0.29, 0.717) is 18.3 Å². The molecule has 82 valence electrons. The lowest BCUT2D eigenvalue weighted by Crippen LogP contribution is -1.91. The maximum Gasteiger partial charge on any atom is 0.230 e. The first kappa shape index (κ1) is 9.51. The van der Waals surface area contributed by atoms with Crippen LogP contribution in [0.5, 0.6) is 0 Å². The molecule has 0 spiro atoms. The van der Waals surface area contributed by atoms with Crippen molar-refractivity contribution in [3.8, 4) is 0 Å². The average molecular weight is 215 g/mol. The normalized spacial score (nSPS) is 23.3. The van der Waals surface area contributed by atoms with E-state index in [1.807, 2.05) is 12.1 Å². The number of nitrogens with zero attached hydrogens (tertiary/aromatic N) is 3. The first-order valence-electron chi connectivity index (χ1n) is 5.54. The maximum absolute atomic E-state index is 5.25. The summed E-state index contributed by atoms with van der Waals surface area (Å²) in [6, 6.07) is 3.94. The second-order valence-corrected chi connectivity index (χ2v) is 4.40. The Hall–Kier alpha value is -1.71. The summed E-state index contributed by atoms with van der Waals surface area (Å²) in [6.45, 7) is 2.21. The highest BCUT2D eigenvalue weighted by molar-refractivity contribution is 5.15. The largest absolute Gasteiger partial charge is 0.339 e. The minimum absolute atomic E-state index is 0.499. The molecule has 0 amide bonds. The van der Waals surface area contributed by atoms with Crippen molar-refractivity contribution >= 4 is 0 Å². The van der Waals surface area contributed by atoms with E-state index >= 15 is 0 Å². The van der Waals surface area contributed by atoms with Crippen LogP contribution in [0, 0.1) is 5.92 Å². The Morgan fingerprint density at radius 1 is 1.38 bits per heavy atom. The van der Waals surface area contributed by atoms with Gasteiger partial charge in [0.25, 0.3) is 0 Å². The van der Waals surface area contributed by atoms with Crippen LogP contribution in [0.2, 0.25) is 0 Å². The molecule has 4 nitrogen and oxygen atoms in total. The van der Waals surface area contributed by atoms with E-state index in [4.69, 9.17) is 4.52 Å². The van der Waals surface area contributed by atoms with E-state index in [0.717, 1.165) is 17.3 Å². The quantitative estimate of drug-likeness (QED) is 0.787. The molecule has 0 saturated heterocycles. The third-order valence-electron chi connectivity index (χ3n) is 3.02. The lowest BCUT2D eigenvalue weighted by molar-refractivity contribution is 0.372. The van der Waals surface area contributed by atoms with E-state index in [2.05, 4.69) is 22.0 Å². The molecule has 2 heterocycles. The number of pyridine rings is 1. The van der Waals surface area contributed by atoms with Crippen LogP contribution in [-0.4, -0.2) is 15.1 Å². The molecule has 2 aromatic rings. The van der Waals surface area contributed by atoms with E-state index in [1.54, 1.807) is 12.4 Å². The third-order valence-corrected chi connectivity index (χ3v) is 3.02. The van der Waals surface area contributed by atoms with Crippen LogP contribution >= 0.6 is 0 Å². The fourth-order valence-electron chi connectivity index (χ4n) is 1.84. The van der Waals surface area contributed by atoms with Gasteiger partial charge in [-0.3, -0.25) is 4.98 Å². The Morgan fingerprint density at radius 2 is 2.12 bits per heavy atom. The smallest absolute Gasteiger partial charge is 0.230 e. The van der Waals surface area contributed by atoms with Gasteiger partial charge in [-0.2, -0.15) is 4.98 Å². The summed E-state index contributed by atoms with van der Waals surface area (Å²) < 4.78 is 5.25. The van der Waals surface area contributed by atoms with E-state index in [1.165, 1.54) is 6.42 Å². The van der Waals surface area contributed by atoms with Gasteiger partial charge in [0.05, 0.1) is 0 Å². The molecule has 1 fully saturated rings. The number of hydrogen-bond acceptors (Lipinski definition) is 4. The molecule has 0 aliphatic heterocycles. The van der Waals surface area contributed by atoms with Crippen molar-refractivity contribution in [3.05, 3.63) is 41.8 Å². The van der Waals surface area contributed by atoms with Gasteiger partial charge in [0.2, 0.25) is 5.89 Å². The Labute approximate surface area is 93.7 Å². The number of rotatable bonds is 3. The molecule has 0 radical (unpaired) electrons. The zero-order valence-electron chi connectivity index (χ0n) is 9.13. The fraction of sp³-hybridized carbons (Fsp3) is 0.417. The van der Waals surface area contributed by atoms with Crippen LogP contribution < -0.4 is 0 Å². The zero-order valence-corrected chi connectivity index (χ0v) is 9.13. The van der Waals surface area contributed by atoms with Crippen LogP contribution in [0.25, 0.3) is 0 Å². The van der Waals surface area contributed by atoms with Crippen molar-refractivity contribution in [1.29, 1.82) is 0 Å². The molecule has 0 bridgehead atoms. The molecular formula is C12H13N3O. The Kier molecular flexibility index (Phi) is 2.20. The Bertz CT molecular complexity index is 480. The second-order valence-electron chi connectivity index (χ2n) is 4.40. The molecule has 2 atom stereocenters. The molecule has 1 aliphatic carbocycles. The highest BCUT2D eigenvalue weighted by atomic mass is 16.5. The lowest BCUT2D eigenvalue weighted by atomic mass is 10.2. The first-order chi connectivity index (χ1) is 7.83. The number of hydrogen-bond donors (Lipinski definition) is 0. The van der Waals surface area contributed by atoms with Crippen LogP contribution in [0.4, 0.5) is 0 Å². The summed E-state index contributed by atoms with van der Waals surface area (Å²) in [5, 5.41) is 4.00. The van der Waals surface area contributed by atoms with Crippen LogP contribution in [0.15, 0.2) is 29.0 Å². The molecule has 0 aromatic carbocycles. The zero-order chi connectivity index (χ0) is 11.0. The van der Waals surface area contributed by atoms with E-state index in [-0.39, 0.29) is 0 Å². The SMILES string of the molecule is CC1CC1c1nc(Cc2ccncc2)no1. The molecule has 4 heteroatoms. The predicted octanol–water partition coefficient (Wildman–Crippen LogP) is 2.18. The molecule has 2 aromatic heterocycles. The van der Waals surface area contributed by atoms with Crippen molar-refractivity contribution < 1.29 is 4.52 Å². The van der Waals surface area contributed by atoms with Crippen LogP contribution in [-0.2, 0) is 6.42 Å². The summed E-state index contributed by atoms with van der Waals surface area (Å²) in [5.41, 5.74) is 1.16. The van der Waals surface area contributed by atoms with Gasteiger partial charge >= 0.3 is 0 Å². The second kappa shape index (κ2) is 3.70. The van der Waals surface area contributed by atoms with Gasteiger partial charge in [-0.05, 0) is 30.0 Å². The molecule has 3 rings (SSSR count). The summed E-state index contributed by atoms with van der Waals surface area (Å²) in [7, 11) is 0. The van der Waals surface area contributed by atoms with Gasteiger partial charge in [-0.1, -0.05) is 12.1 Å². The minimum Gasteiger partial charge on any atom is -0.339 e. The summed E-state index contributed by atoms with van der Waals surface area (Å²) in [6.07, 6.45) is 5.45. The Morgan fingerprint density at radius 3 is 2.81 bits per heavy atom. The predicted molar refractivity (Wildman–Crippen MR) is 57.9 cm³/mol. The molecular weight excluding hydrogens is 202 g/mol. The van der Waals surface area contributed by atoms with Crippen molar-refractivity contribution in [3.63, 3.8) is 0 Å². The van der Waals surface area contributed by atoms with Crippen LogP contribution in [0.1, 0.15) is 36.5 Å². The van der Waals surface area contributed by atoms with Gasteiger partial charge in [0, 0.05) is 24.7 Å². The van der Waals surface area contributed by atoms with Crippen molar-refractivity contribution in [1.82, 2.24) is 15.1 Å². The topological polar surface area (TPSA) is 51.8 Å². The van der Waals surface area contributed by atoms with Gasteiger partial charge in [0.15, 0.2) is 5.82 Å². The van der Waals surface area contributed by atoms with Crippen molar-refractivity contribution in [2.75, 3.05) is 0 Å². The van der Waals surface area contributed by atoms with Crippen molar-refractivity contribution in [2.24, 2.45) is 5.92 Å². The molecule has 0 N–H and O–H groups in total. The summed E-state index contributed by atoms with van der Waals surface area (Å²) >= 11 is 0. The summed E-state index contributed by atoms with van der Waals surface area (Å²) in [5.74, 6) is 2.77. The highest BCUT2D eigenvalue weighted by Crippen LogP contribution is 2.45. The third kappa shape index (κ3) is 1.83. The van der Waals surface area contributed by atoms with Gasteiger partial charge < -0.3 is 4.52 Å². The van der Waals surface area contributed by atoms with Gasteiger partial charge in [0.1, 0.15) is 0 Å². The Balaban J connectivity index is 1.73. The standard InChI is InChI=1S/C12H13N3O/c1-8-6-10(8)12-14-11(15-16-12)7-9-2-4-13-5-3-9/h2-5,8,10H,6-7H2,1H3. The van der Waals surface area contributed by atoms with Crippen molar-refractivity contribution in [2.45, 2.75) is 25.7 Å². The molecule has 2 unspecified atom stereocenters. The first-order valence-corrected chi connectivity index (χ1v) is 5.54. The monoisotopic (exact) mass is 215 g/mol. The van der Waals surface area contributed by atoms with Gasteiger partial charge in [-0.25, -0.2) is 0 Å². The number of aromatic nitrogens is 3. The summed E-state index contributed by atoms with van der Waals surface area (Å²) in [4.78, 5) is 8.40. The molecule has 1 saturated carbocycles. The highest BCUT2D eigenvalue weighted by Gasteiger charge is 2.38. The van der Waals surface area contributed by atoms with Crippen LogP contribution in [0.3, 0.4) is 0 Å². The van der Waals surface area contributed by atoms with E-state index in [9.17, 15) is 0 Å². The lowest BCUT2D eigenvalue weighted by Gasteiger charge is -1.93. The molecule has 1 aliphatic rings. The van der Waals surface area contributed by atoms with Gasteiger partial charge in [-0.15, -0.1) is 0 Å². The fourth-order valence-corrected chi connectivity index (χ4v) is 1.84.